The minimum atomic E-state index is 0.769. The van der Waals surface area contributed by atoms with Crippen molar-refractivity contribution in [1.29, 1.82) is 0 Å². The first-order chi connectivity index (χ1) is 6.16. The highest BCUT2D eigenvalue weighted by atomic mass is 32.1. The third kappa shape index (κ3) is 1.79. The number of rotatable bonds is 1. The molecular weight excluding hydrogens is 178 g/mol. The molecule has 1 atom stereocenters. The van der Waals surface area contributed by atoms with Gasteiger partial charge in [-0.3, -0.25) is 0 Å². The average Bonchev–Trinajstić information content (AvgIpc) is 2.42. The van der Waals surface area contributed by atoms with Gasteiger partial charge in [0.05, 0.1) is 0 Å². The van der Waals surface area contributed by atoms with Crippen LogP contribution < -0.4 is 0 Å². The van der Waals surface area contributed by atoms with Crippen LogP contribution >= 0.6 is 11.3 Å². The Morgan fingerprint density at radius 1 is 1.46 bits per heavy atom. The van der Waals surface area contributed by atoms with Gasteiger partial charge in [-0.15, -0.1) is 11.3 Å². The molecule has 1 aliphatic rings. The Balaban J connectivity index is 2.19. The van der Waals surface area contributed by atoms with Gasteiger partial charge in [0.2, 0.25) is 0 Å². The normalized spacial score (nSPS) is 22.0. The van der Waals surface area contributed by atoms with Gasteiger partial charge < -0.3 is 4.90 Å². The molecule has 0 aromatic carbocycles. The lowest BCUT2D eigenvalue weighted by Crippen LogP contribution is -2.32. The monoisotopic (exact) mass is 195 g/mol. The van der Waals surface area contributed by atoms with Crippen molar-refractivity contribution in [1.82, 2.24) is 4.90 Å². The molecule has 1 aromatic rings. The average molecular weight is 195 g/mol. The van der Waals surface area contributed by atoms with E-state index in [0.717, 1.165) is 6.04 Å². The summed E-state index contributed by atoms with van der Waals surface area (Å²) in [5.74, 6) is 0. The minimum absolute atomic E-state index is 0.769. The molecule has 0 aliphatic heterocycles. The van der Waals surface area contributed by atoms with E-state index in [2.05, 4.69) is 32.0 Å². The molecule has 0 bridgehead atoms. The maximum atomic E-state index is 2.37. The smallest absolute Gasteiger partial charge is 0.0141 e. The molecule has 72 valence electrons. The molecule has 0 amide bonds. The van der Waals surface area contributed by atoms with Gasteiger partial charge in [-0.05, 0) is 51.9 Å². The highest BCUT2D eigenvalue weighted by molar-refractivity contribution is 7.12. The number of nitrogens with zero attached hydrogens (tertiary/aromatic N) is 1. The van der Waals surface area contributed by atoms with Crippen LogP contribution in [-0.2, 0) is 12.8 Å². The topological polar surface area (TPSA) is 3.24 Å². The van der Waals surface area contributed by atoms with Gasteiger partial charge in [-0.25, -0.2) is 0 Å². The molecule has 0 radical (unpaired) electrons. The zero-order chi connectivity index (χ0) is 9.42. The van der Waals surface area contributed by atoms with Gasteiger partial charge in [0.1, 0.15) is 0 Å². The van der Waals surface area contributed by atoms with Crippen LogP contribution in [-0.4, -0.2) is 25.0 Å². The van der Waals surface area contributed by atoms with Crippen molar-refractivity contribution >= 4 is 11.3 Å². The van der Waals surface area contributed by atoms with Gasteiger partial charge in [0.25, 0.3) is 0 Å². The lowest BCUT2D eigenvalue weighted by molar-refractivity contribution is 0.270. The van der Waals surface area contributed by atoms with Crippen molar-refractivity contribution in [3.05, 3.63) is 21.4 Å². The predicted molar refractivity (Wildman–Crippen MR) is 58.6 cm³/mol. The lowest BCUT2D eigenvalue weighted by Gasteiger charge is -2.27. The fraction of sp³-hybridized carbons (Fsp3) is 0.636. The minimum Gasteiger partial charge on any atom is -0.306 e. The van der Waals surface area contributed by atoms with Crippen LogP contribution in [0, 0.1) is 6.92 Å². The molecule has 0 fully saturated rings. The first-order valence-electron chi connectivity index (χ1n) is 4.91. The molecule has 0 spiro atoms. The van der Waals surface area contributed by atoms with E-state index in [1.165, 1.54) is 24.1 Å². The Hall–Kier alpha value is -0.340. The molecule has 2 heteroatoms. The quantitative estimate of drug-likeness (QED) is 0.665. The lowest BCUT2D eigenvalue weighted by atomic mass is 9.94. The number of likely N-dealkylation sites (N-methyl/N-ethyl adjacent to an activating group) is 1. The second-order valence-corrected chi connectivity index (χ2v) is 5.51. The molecule has 1 unspecified atom stereocenters. The third-order valence-electron chi connectivity index (χ3n) is 2.92. The summed E-state index contributed by atoms with van der Waals surface area (Å²) in [6, 6.07) is 3.14. The van der Waals surface area contributed by atoms with Crippen LogP contribution in [0.15, 0.2) is 6.07 Å². The molecule has 1 heterocycles. The van der Waals surface area contributed by atoms with Gasteiger partial charge in [-0.1, -0.05) is 0 Å². The van der Waals surface area contributed by atoms with Crippen LogP contribution in [0.2, 0.25) is 0 Å². The Bertz CT molecular complexity index is 301. The maximum Gasteiger partial charge on any atom is 0.0141 e. The number of thiophene rings is 1. The van der Waals surface area contributed by atoms with E-state index in [1.807, 2.05) is 11.3 Å². The van der Waals surface area contributed by atoms with Crippen molar-refractivity contribution in [3.63, 3.8) is 0 Å². The van der Waals surface area contributed by atoms with E-state index in [0.29, 0.717) is 0 Å². The summed E-state index contributed by atoms with van der Waals surface area (Å²) in [7, 11) is 4.38. The summed E-state index contributed by atoms with van der Waals surface area (Å²) < 4.78 is 0. The molecular formula is C11H17NS. The Morgan fingerprint density at radius 2 is 2.23 bits per heavy atom. The molecule has 1 aromatic heterocycles. The van der Waals surface area contributed by atoms with Crippen molar-refractivity contribution in [3.8, 4) is 0 Å². The van der Waals surface area contributed by atoms with Crippen molar-refractivity contribution in [2.24, 2.45) is 0 Å². The van der Waals surface area contributed by atoms with Crippen molar-refractivity contribution < 1.29 is 0 Å². The first-order valence-corrected chi connectivity index (χ1v) is 5.73. The summed E-state index contributed by atoms with van der Waals surface area (Å²) in [5, 5.41) is 0. The number of aryl methyl sites for hydroxylation is 2. The third-order valence-corrected chi connectivity index (χ3v) is 4.03. The SMILES string of the molecule is Cc1cc2c(s1)CC(N(C)C)CC2. The highest BCUT2D eigenvalue weighted by Gasteiger charge is 2.21. The van der Waals surface area contributed by atoms with Crippen LogP contribution in [0.4, 0.5) is 0 Å². The van der Waals surface area contributed by atoms with E-state index in [9.17, 15) is 0 Å². The van der Waals surface area contributed by atoms with Gasteiger partial charge in [0.15, 0.2) is 0 Å². The van der Waals surface area contributed by atoms with Crippen LogP contribution in [0.5, 0.6) is 0 Å². The number of hydrogen-bond donors (Lipinski definition) is 0. The standard InChI is InChI=1S/C11H17NS/c1-8-6-9-4-5-10(12(2)3)7-11(9)13-8/h6,10H,4-5,7H2,1-3H3. The second kappa shape index (κ2) is 3.43. The van der Waals surface area contributed by atoms with Crippen molar-refractivity contribution in [2.45, 2.75) is 32.2 Å². The van der Waals surface area contributed by atoms with Gasteiger partial charge in [0, 0.05) is 15.8 Å². The number of hydrogen-bond acceptors (Lipinski definition) is 2. The molecule has 0 saturated heterocycles. The Labute approximate surface area is 84.4 Å². The largest absolute Gasteiger partial charge is 0.306 e. The Morgan fingerprint density at radius 3 is 2.92 bits per heavy atom. The second-order valence-electron chi connectivity index (χ2n) is 4.17. The predicted octanol–water partition coefficient (Wildman–Crippen LogP) is 2.48. The molecule has 0 N–H and O–H groups in total. The maximum absolute atomic E-state index is 2.37. The molecule has 13 heavy (non-hydrogen) atoms. The number of fused-ring (bicyclic) bond motifs is 1. The van der Waals surface area contributed by atoms with Crippen LogP contribution in [0.3, 0.4) is 0 Å². The first kappa shape index (κ1) is 9.22. The summed E-state index contributed by atoms with van der Waals surface area (Å²) in [6.07, 6.45) is 3.87. The summed E-state index contributed by atoms with van der Waals surface area (Å²) in [6.45, 7) is 2.22. The fourth-order valence-corrected chi connectivity index (χ4v) is 3.24. The van der Waals surface area contributed by atoms with E-state index in [1.54, 1.807) is 10.4 Å². The van der Waals surface area contributed by atoms with Gasteiger partial charge in [-0.2, -0.15) is 0 Å². The summed E-state index contributed by atoms with van der Waals surface area (Å²) >= 11 is 1.98. The molecule has 1 nitrogen and oxygen atoms in total. The van der Waals surface area contributed by atoms with E-state index >= 15 is 0 Å². The zero-order valence-electron chi connectivity index (χ0n) is 8.63. The Kier molecular flexibility index (Phi) is 2.43. The fourth-order valence-electron chi connectivity index (χ4n) is 2.08. The van der Waals surface area contributed by atoms with Crippen LogP contribution in [0.25, 0.3) is 0 Å². The highest BCUT2D eigenvalue weighted by Crippen LogP contribution is 2.30. The molecule has 0 saturated carbocycles. The summed E-state index contributed by atoms with van der Waals surface area (Å²) in [5.41, 5.74) is 1.61. The van der Waals surface area contributed by atoms with Crippen molar-refractivity contribution in [2.75, 3.05) is 14.1 Å². The molecule has 1 aliphatic carbocycles. The summed E-state index contributed by atoms with van der Waals surface area (Å²) in [4.78, 5) is 5.46. The van der Waals surface area contributed by atoms with E-state index < -0.39 is 0 Å². The van der Waals surface area contributed by atoms with Gasteiger partial charge >= 0.3 is 0 Å². The van der Waals surface area contributed by atoms with E-state index in [-0.39, 0.29) is 0 Å². The van der Waals surface area contributed by atoms with Crippen LogP contribution in [0.1, 0.15) is 21.7 Å². The van der Waals surface area contributed by atoms with E-state index in [4.69, 9.17) is 0 Å². The zero-order valence-corrected chi connectivity index (χ0v) is 9.45. The molecule has 2 rings (SSSR count).